The van der Waals surface area contributed by atoms with Crippen LogP contribution < -0.4 is 22.1 Å². The fourth-order valence-corrected chi connectivity index (χ4v) is 8.50. The number of fused-ring (bicyclic) bond motifs is 1. The number of aliphatic hydroxyl groups is 1. The van der Waals surface area contributed by atoms with Crippen molar-refractivity contribution in [3.05, 3.63) is 154 Å². The predicted molar refractivity (Wildman–Crippen MR) is 237 cm³/mol. The van der Waals surface area contributed by atoms with Gasteiger partial charge in [0.15, 0.2) is 6.29 Å². The number of aromatic nitrogens is 2. The summed E-state index contributed by atoms with van der Waals surface area (Å²) in [5.41, 5.74) is 14.7. The van der Waals surface area contributed by atoms with E-state index in [4.69, 9.17) is 15.2 Å². The fourth-order valence-electron chi connectivity index (χ4n) is 8.50. The molecule has 316 valence electrons. The number of aromatic amines is 1. The molecular formula is C49H54N6O6. The Morgan fingerprint density at radius 3 is 2.26 bits per heavy atom. The van der Waals surface area contributed by atoms with Crippen molar-refractivity contribution < 1.29 is 24.2 Å². The van der Waals surface area contributed by atoms with Crippen LogP contribution in [0, 0.1) is 0 Å². The molecule has 3 atom stereocenters. The number of nitrogen functional groups attached to an aromatic ring is 1. The highest BCUT2D eigenvalue weighted by molar-refractivity contribution is 5.93. The molecule has 61 heavy (non-hydrogen) atoms. The molecule has 8 rings (SSSR count). The van der Waals surface area contributed by atoms with Gasteiger partial charge in [-0.3, -0.25) is 14.2 Å². The van der Waals surface area contributed by atoms with Gasteiger partial charge in [-0.1, -0.05) is 91.0 Å². The number of imidazole rings is 1. The van der Waals surface area contributed by atoms with Crippen molar-refractivity contribution in [1.29, 1.82) is 0 Å². The van der Waals surface area contributed by atoms with E-state index in [2.05, 4.69) is 56.9 Å². The van der Waals surface area contributed by atoms with Crippen molar-refractivity contribution in [1.82, 2.24) is 19.8 Å². The SMILES string of the molecule is Nc1ccccc1NC(=O)CCCCC(=O)NCc1cccc(-c2ccc([C@H]3O[C@@H](CN4CCC(n5c(=O)[nH]c6ccccc65)CC4)C[C@@H](c4ccc(CO)cc4)O3)cc2)c1. The smallest absolute Gasteiger partial charge is 0.326 e. The average molecular weight is 823 g/mol. The second kappa shape index (κ2) is 19.6. The molecule has 6 aromatic rings. The van der Waals surface area contributed by atoms with Gasteiger partial charge in [-0.15, -0.1) is 0 Å². The highest BCUT2D eigenvalue weighted by atomic mass is 16.7. The second-order valence-electron chi connectivity index (χ2n) is 16.1. The number of likely N-dealkylation sites (tertiary alicyclic amines) is 1. The van der Waals surface area contributed by atoms with Crippen LogP contribution in [0.3, 0.4) is 0 Å². The number of para-hydroxylation sites is 4. The van der Waals surface area contributed by atoms with E-state index in [1.807, 2.05) is 77.4 Å². The maximum atomic E-state index is 12.9. The van der Waals surface area contributed by atoms with Crippen LogP contribution >= 0.6 is 0 Å². The molecular weight excluding hydrogens is 769 g/mol. The number of benzene rings is 5. The van der Waals surface area contributed by atoms with E-state index in [0.29, 0.717) is 50.0 Å². The van der Waals surface area contributed by atoms with Gasteiger partial charge in [0.2, 0.25) is 11.8 Å². The molecule has 2 amide bonds. The number of nitrogens with zero attached hydrogens (tertiary/aromatic N) is 2. The molecule has 0 bridgehead atoms. The van der Waals surface area contributed by atoms with E-state index >= 15 is 0 Å². The van der Waals surface area contributed by atoms with Crippen LogP contribution in [-0.2, 0) is 32.2 Å². The van der Waals surface area contributed by atoms with Crippen molar-refractivity contribution in [2.24, 2.45) is 0 Å². The van der Waals surface area contributed by atoms with Gasteiger partial charge < -0.3 is 40.8 Å². The summed E-state index contributed by atoms with van der Waals surface area (Å²) in [4.78, 5) is 43.3. The van der Waals surface area contributed by atoms with Gasteiger partial charge in [-0.2, -0.15) is 0 Å². The number of carbonyl (C=O) groups is 2. The Kier molecular flexibility index (Phi) is 13.4. The van der Waals surface area contributed by atoms with Crippen molar-refractivity contribution in [3.8, 4) is 11.1 Å². The molecule has 0 aliphatic carbocycles. The highest BCUT2D eigenvalue weighted by Crippen LogP contribution is 2.39. The van der Waals surface area contributed by atoms with E-state index < -0.39 is 6.29 Å². The summed E-state index contributed by atoms with van der Waals surface area (Å²) in [6.07, 6.45) is 3.47. The second-order valence-corrected chi connectivity index (χ2v) is 16.1. The van der Waals surface area contributed by atoms with Crippen molar-refractivity contribution in [2.45, 2.75) is 82.6 Å². The minimum atomic E-state index is -0.573. The maximum Gasteiger partial charge on any atom is 0.326 e. The molecule has 12 nitrogen and oxygen atoms in total. The van der Waals surface area contributed by atoms with E-state index in [9.17, 15) is 19.5 Å². The zero-order valence-corrected chi connectivity index (χ0v) is 34.3. The van der Waals surface area contributed by atoms with Crippen LogP contribution in [0.2, 0.25) is 0 Å². The number of piperidine rings is 1. The van der Waals surface area contributed by atoms with Crippen molar-refractivity contribution >= 4 is 34.2 Å². The first-order chi connectivity index (χ1) is 29.8. The first-order valence-corrected chi connectivity index (χ1v) is 21.3. The Balaban J connectivity index is 0.860. The van der Waals surface area contributed by atoms with Crippen LogP contribution in [0.15, 0.2) is 126 Å². The molecule has 0 radical (unpaired) electrons. The van der Waals surface area contributed by atoms with Crippen LogP contribution in [0.25, 0.3) is 22.2 Å². The zero-order valence-electron chi connectivity index (χ0n) is 34.3. The van der Waals surface area contributed by atoms with Gasteiger partial charge in [0.1, 0.15) is 0 Å². The van der Waals surface area contributed by atoms with Gasteiger partial charge in [0.05, 0.1) is 41.2 Å². The minimum Gasteiger partial charge on any atom is -0.397 e. The summed E-state index contributed by atoms with van der Waals surface area (Å²) in [5.74, 6) is -0.172. The number of rotatable bonds is 15. The standard InChI is InChI=1S/C49H54N6O6/c50-41-10-1-2-11-42(41)52-47(58)15-6-5-14-46(57)51-30-34-8-7-9-38(28-34)35-20-22-37(23-21-35)48-60-40(29-45(61-48)36-18-16-33(32-56)17-19-36)31-54-26-24-39(25-27-54)55-44-13-4-3-12-43(44)53-49(55)59/h1-4,7-13,16-23,28,39-40,45,48,56H,5-6,14-15,24-27,29-32,50H2,(H,51,57)(H,52,58)(H,53,59)/t40-,45+,48+/m1/s1. The Hall–Kier alpha value is -6.05. The summed E-state index contributed by atoms with van der Waals surface area (Å²) in [6, 6.07) is 39.5. The molecule has 3 heterocycles. The maximum absolute atomic E-state index is 12.9. The van der Waals surface area contributed by atoms with E-state index in [1.165, 1.54) is 0 Å². The molecule has 6 N–H and O–H groups in total. The quantitative estimate of drug-likeness (QED) is 0.0518. The predicted octanol–water partition coefficient (Wildman–Crippen LogP) is 7.77. The Labute approximate surface area is 355 Å². The number of nitrogens with one attached hydrogen (secondary N) is 3. The van der Waals surface area contributed by atoms with Gasteiger partial charge in [-0.05, 0) is 83.8 Å². The Morgan fingerprint density at radius 1 is 0.770 bits per heavy atom. The lowest BCUT2D eigenvalue weighted by Gasteiger charge is -2.40. The Morgan fingerprint density at radius 2 is 1.49 bits per heavy atom. The summed E-state index contributed by atoms with van der Waals surface area (Å²) in [6.45, 7) is 2.87. The number of amides is 2. The van der Waals surface area contributed by atoms with Crippen molar-refractivity contribution in [2.75, 3.05) is 30.7 Å². The van der Waals surface area contributed by atoms with Crippen LogP contribution in [0.4, 0.5) is 11.4 Å². The van der Waals surface area contributed by atoms with Gasteiger partial charge in [-0.25, -0.2) is 4.79 Å². The van der Waals surface area contributed by atoms with E-state index in [-0.39, 0.29) is 42.4 Å². The zero-order chi connectivity index (χ0) is 42.1. The summed E-state index contributed by atoms with van der Waals surface area (Å²) < 4.78 is 15.3. The third kappa shape index (κ3) is 10.5. The third-order valence-corrected chi connectivity index (χ3v) is 11.8. The summed E-state index contributed by atoms with van der Waals surface area (Å²) >= 11 is 0. The molecule has 0 unspecified atom stereocenters. The van der Waals surface area contributed by atoms with Gasteiger partial charge in [0.25, 0.3) is 0 Å². The van der Waals surface area contributed by atoms with Crippen LogP contribution in [0.5, 0.6) is 0 Å². The first kappa shape index (κ1) is 41.7. The molecule has 5 aromatic carbocycles. The largest absolute Gasteiger partial charge is 0.397 e. The monoisotopic (exact) mass is 822 g/mol. The van der Waals surface area contributed by atoms with Crippen LogP contribution in [-0.4, -0.2) is 57.1 Å². The number of hydrogen-bond acceptors (Lipinski definition) is 8. The lowest BCUT2D eigenvalue weighted by molar-refractivity contribution is -0.253. The molecule has 2 aliphatic rings. The van der Waals surface area contributed by atoms with E-state index in [0.717, 1.165) is 76.9 Å². The van der Waals surface area contributed by atoms with Crippen LogP contribution in [0.1, 0.15) is 85.6 Å². The molecule has 12 heteroatoms. The number of anilines is 2. The summed E-state index contributed by atoms with van der Waals surface area (Å²) in [5, 5.41) is 15.5. The number of unbranched alkanes of at least 4 members (excludes halogenated alkanes) is 1. The molecule has 0 saturated carbocycles. The Bertz CT molecular complexity index is 2470. The number of hydrogen-bond donors (Lipinski definition) is 5. The molecule has 2 fully saturated rings. The molecule has 2 aliphatic heterocycles. The molecule has 2 saturated heterocycles. The number of carbonyl (C=O) groups excluding carboxylic acids is 2. The topological polar surface area (TPSA) is 164 Å². The third-order valence-electron chi connectivity index (χ3n) is 11.8. The molecule has 0 spiro atoms. The van der Waals surface area contributed by atoms with Gasteiger partial charge in [0, 0.05) is 57.0 Å². The summed E-state index contributed by atoms with van der Waals surface area (Å²) in [7, 11) is 0. The van der Waals surface area contributed by atoms with Gasteiger partial charge >= 0.3 is 5.69 Å². The average Bonchev–Trinajstić information content (AvgIpc) is 3.63. The highest BCUT2D eigenvalue weighted by Gasteiger charge is 2.34. The number of nitrogens with two attached hydrogens (primary N) is 1. The van der Waals surface area contributed by atoms with E-state index in [1.54, 1.807) is 12.1 Å². The number of ether oxygens (including phenoxy) is 2. The normalized spacial score (nSPS) is 18.5. The minimum absolute atomic E-state index is 0.0136. The fraction of sp³-hybridized carbons (Fsp3) is 0.327. The molecule has 1 aromatic heterocycles. The number of aliphatic hydroxyl groups excluding tert-OH is 1. The lowest BCUT2D eigenvalue weighted by Crippen LogP contribution is -2.43. The lowest BCUT2D eigenvalue weighted by atomic mass is 9.98. The van der Waals surface area contributed by atoms with Crippen molar-refractivity contribution in [3.63, 3.8) is 0 Å². The number of H-pyrrole nitrogens is 1. The first-order valence-electron chi connectivity index (χ1n) is 21.3.